The van der Waals surface area contributed by atoms with Gasteiger partial charge in [0, 0.05) is 18.0 Å². The Labute approximate surface area is 132 Å². The zero-order chi connectivity index (χ0) is 15.8. The summed E-state index contributed by atoms with van der Waals surface area (Å²) in [5.74, 6) is 0.282. The summed E-state index contributed by atoms with van der Waals surface area (Å²) in [6.07, 6.45) is 3.18. The van der Waals surface area contributed by atoms with Crippen LogP contribution in [0.5, 0.6) is 0 Å². The van der Waals surface area contributed by atoms with E-state index in [4.69, 9.17) is 11.6 Å². The third-order valence-electron chi connectivity index (χ3n) is 3.44. The van der Waals surface area contributed by atoms with Gasteiger partial charge in [-0.05, 0) is 49.3 Å². The number of carbonyl (C=O) groups is 1. The first-order valence-electron chi connectivity index (χ1n) is 7.39. The smallest absolute Gasteiger partial charge is 0.222 e. The van der Waals surface area contributed by atoms with Crippen LogP contribution in [0.3, 0.4) is 0 Å². The van der Waals surface area contributed by atoms with E-state index in [0.29, 0.717) is 23.8 Å². The number of hydrogen-bond acceptors (Lipinski definition) is 2. The minimum Gasteiger partial charge on any atom is -0.393 e. The molecule has 0 saturated heterocycles. The lowest BCUT2D eigenvalue weighted by Crippen LogP contribution is -2.31. The molecule has 0 aliphatic rings. The van der Waals surface area contributed by atoms with Crippen LogP contribution in [0.2, 0.25) is 5.02 Å². The van der Waals surface area contributed by atoms with Crippen molar-refractivity contribution in [2.24, 2.45) is 11.8 Å². The zero-order valence-electron chi connectivity index (χ0n) is 13.0. The van der Waals surface area contributed by atoms with Gasteiger partial charge >= 0.3 is 0 Å². The number of benzene rings is 1. The summed E-state index contributed by atoms with van der Waals surface area (Å²) >= 11 is 5.84. The summed E-state index contributed by atoms with van der Waals surface area (Å²) in [5.41, 5.74) is 1.10. The maximum absolute atomic E-state index is 11.8. The van der Waals surface area contributed by atoms with Gasteiger partial charge in [-0.2, -0.15) is 0 Å². The molecule has 4 heteroatoms. The fourth-order valence-corrected chi connectivity index (χ4v) is 2.49. The van der Waals surface area contributed by atoms with Gasteiger partial charge in [-0.15, -0.1) is 0 Å². The highest BCUT2D eigenvalue weighted by atomic mass is 35.5. The van der Waals surface area contributed by atoms with Crippen molar-refractivity contribution in [2.75, 3.05) is 7.05 Å². The van der Waals surface area contributed by atoms with Gasteiger partial charge < -0.3 is 10.4 Å². The van der Waals surface area contributed by atoms with Crippen LogP contribution in [0.25, 0.3) is 0 Å². The standard InChI is InChI=1S/C17H25ClNO2/c1-12(2)10-14(17(21)19-3)11-16(20)9-6-13-4-7-15(18)8-5-13/h4-5,7-9,12,14,16,20H,6,10-11H2,1-3H3,(H,19,21)/t14-,16+/m1/s1. The minimum atomic E-state index is -0.582. The first kappa shape index (κ1) is 18.0. The first-order valence-corrected chi connectivity index (χ1v) is 7.77. The minimum absolute atomic E-state index is 0.00245. The second-order valence-electron chi connectivity index (χ2n) is 5.81. The third kappa shape index (κ3) is 6.96. The molecule has 1 aromatic rings. The molecule has 1 amide bonds. The molecule has 1 radical (unpaired) electrons. The molecule has 0 heterocycles. The highest BCUT2D eigenvalue weighted by molar-refractivity contribution is 6.30. The summed E-state index contributed by atoms with van der Waals surface area (Å²) in [4.78, 5) is 11.8. The Bertz CT molecular complexity index is 431. The van der Waals surface area contributed by atoms with E-state index in [2.05, 4.69) is 19.2 Å². The number of nitrogens with one attached hydrogen (secondary N) is 1. The topological polar surface area (TPSA) is 49.3 Å². The molecule has 0 spiro atoms. The number of halogens is 1. The fraction of sp³-hybridized carbons (Fsp3) is 0.529. The lowest BCUT2D eigenvalue weighted by atomic mass is 9.89. The molecule has 2 atom stereocenters. The zero-order valence-corrected chi connectivity index (χ0v) is 13.7. The molecule has 1 aromatic carbocycles. The molecular weight excluding hydrogens is 286 g/mol. The summed E-state index contributed by atoms with van der Waals surface area (Å²) < 4.78 is 0. The lowest BCUT2D eigenvalue weighted by molar-refractivity contribution is -0.125. The Morgan fingerprint density at radius 2 is 1.90 bits per heavy atom. The van der Waals surface area contributed by atoms with Gasteiger partial charge in [0.25, 0.3) is 0 Å². The van der Waals surface area contributed by atoms with Crippen molar-refractivity contribution in [3.8, 4) is 0 Å². The van der Waals surface area contributed by atoms with Crippen LogP contribution >= 0.6 is 11.6 Å². The van der Waals surface area contributed by atoms with Crippen LogP contribution < -0.4 is 5.32 Å². The molecule has 0 fully saturated rings. The van der Waals surface area contributed by atoms with Gasteiger partial charge in [-0.25, -0.2) is 0 Å². The lowest BCUT2D eigenvalue weighted by Gasteiger charge is -2.20. The molecule has 1 rings (SSSR count). The highest BCUT2D eigenvalue weighted by Crippen LogP contribution is 2.20. The molecule has 2 N–H and O–H groups in total. The molecular formula is C17H25ClNO2. The largest absolute Gasteiger partial charge is 0.393 e. The van der Waals surface area contributed by atoms with Gasteiger partial charge in [0.05, 0.1) is 6.10 Å². The predicted octanol–water partition coefficient (Wildman–Crippen LogP) is 3.25. The Morgan fingerprint density at radius 1 is 1.29 bits per heavy atom. The van der Waals surface area contributed by atoms with E-state index in [9.17, 15) is 9.90 Å². The van der Waals surface area contributed by atoms with Gasteiger partial charge in [0.15, 0.2) is 0 Å². The van der Waals surface area contributed by atoms with Crippen LogP contribution in [0.15, 0.2) is 24.3 Å². The van der Waals surface area contributed by atoms with E-state index in [0.717, 1.165) is 12.0 Å². The van der Waals surface area contributed by atoms with Crippen LogP contribution in [0.4, 0.5) is 0 Å². The molecule has 0 aromatic heterocycles. The van der Waals surface area contributed by atoms with Crippen LogP contribution in [-0.4, -0.2) is 24.2 Å². The van der Waals surface area contributed by atoms with E-state index in [1.54, 1.807) is 7.05 Å². The van der Waals surface area contributed by atoms with Gasteiger partial charge in [-0.1, -0.05) is 37.6 Å². The molecule has 0 aliphatic carbocycles. The van der Waals surface area contributed by atoms with Crippen molar-refractivity contribution in [1.29, 1.82) is 0 Å². The average molecular weight is 311 g/mol. The molecule has 0 bridgehead atoms. The Morgan fingerprint density at radius 3 is 2.43 bits per heavy atom. The first-order chi connectivity index (χ1) is 9.92. The van der Waals surface area contributed by atoms with Crippen molar-refractivity contribution in [2.45, 2.75) is 39.2 Å². The average Bonchev–Trinajstić information content (AvgIpc) is 2.44. The van der Waals surface area contributed by atoms with E-state index in [1.165, 1.54) is 0 Å². The van der Waals surface area contributed by atoms with Crippen LogP contribution in [0.1, 0.15) is 32.3 Å². The summed E-state index contributed by atoms with van der Waals surface area (Å²) in [5, 5.41) is 13.5. The van der Waals surface area contributed by atoms with Gasteiger partial charge in [0.1, 0.15) is 0 Å². The fourth-order valence-electron chi connectivity index (χ4n) is 2.36. The number of carbonyl (C=O) groups excluding carboxylic acids is 1. The molecule has 117 valence electrons. The SMILES string of the molecule is CNC(=O)[C@H](CC(C)C)C[C@@H](O)[CH]Cc1ccc(Cl)cc1. The van der Waals surface area contributed by atoms with E-state index in [1.807, 2.05) is 30.7 Å². The van der Waals surface area contributed by atoms with Crippen LogP contribution in [0, 0.1) is 18.3 Å². The van der Waals surface area contributed by atoms with Crippen molar-refractivity contribution in [1.82, 2.24) is 5.32 Å². The number of rotatable bonds is 8. The van der Waals surface area contributed by atoms with Crippen molar-refractivity contribution >= 4 is 17.5 Å². The van der Waals surface area contributed by atoms with Crippen molar-refractivity contribution in [3.63, 3.8) is 0 Å². The second-order valence-corrected chi connectivity index (χ2v) is 6.25. The van der Waals surface area contributed by atoms with Crippen molar-refractivity contribution in [3.05, 3.63) is 41.3 Å². The maximum Gasteiger partial charge on any atom is 0.222 e. The van der Waals surface area contributed by atoms with Crippen molar-refractivity contribution < 1.29 is 9.90 Å². The third-order valence-corrected chi connectivity index (χ3v) is 3.69. The summed E-state index contributed by atoms with van der Waals surface area (Å²) in [6, 6.07) is 7.55. The molecule has 0 unspecified atom stereocenters. The molecule has 0 aliphatic heterocycles. The Kier molecular flexibility index (Phi) is 7.76. The number of hydrogen-bond donors (Lipinski definition) is 2. The predicted molar refractivity (Wildman–Crippen MR) is 87.1 cm³/mol. The highest BCUT2D eigenvalue weighted by Gasteiger charge is 2.22. The van der Waals surface area contributed by atoms with E-state index >= 15 is 0 Å². The number of aliphatic hydroxyl groups is 1. The summed E-state index contributed by atoms with van der Waals surface area (Å²) in [7, 11) is 1.64. The maximum atomic E-state index is 11.8. The van der Waals surface area contributed by atoms with Crippen LogP contribution in [-0.2, 0) is 11.2 Å². The normalized spacial score (nSPS) is 14.0. The van der Waals surface area contributed by atoms with Gasteiger partial charge in [0.2, 0.25) is 5.91 Å². The molecule has 21 heavy (non-hydrogen) atoms. The van der Waals surface area contributed by atoms with E-state index < -0.39 is 6.10 Å². The monoisotopic (exact) mass is 310 g/mol. The Hall–Kier alpha value is -1.06. The van der Waals surface area contributed by atoms with E-state index in [-0.39, 0.29) is 11.8 Å². The molecule has 3 nitrogen and oxygen atoms in total. The number of aliphatic hydroxyl groups excluding tert-OH is 1. The van der Waals surface area contributed by atoms with Gasteiger partial charge in [-0.3, -0.25) is 4.79 Å². The second kappa shape index (κ2) is 9.06. The Balaban J connectivity index is 2.47. The summed E-state index contributed by atoms with van der Waals surface area (Å²) in [6.45, 7) is 4.17. The molecule has 0 saturated carbocycles. The quantitative estimate of drug-likeness (QED) is 0.774. The number of amides is 1.